The number of benzene rings is 1. The Hall–Kier alpha value is -1.77. The van der Waals surface area contributed by atoms with Crippen LogP contribution in [0.3, 0.4) is 0 Å². The lowest BCUT2D eigenvalue weighted by Crippen LogP contribution is -2.27. The molecule has 0 saturated heterocycles. The quantitative estimate of drug-likeness (QED) is 0.750. The molecular weight excluding hydrogens is 275 g/mol. The largest absolute Gasteiger partial charge is 0.477 e. The number of fused-ring (bicyclic) bond motifs is 1. The van der Waals surface area contributed by atoms with Gasteiger partial charge in [0.25, 0.3) is 0 Å². The number of carboxylic acid groups (broad SMARTS) is 1. The summed E-state index contributed by atoms with van der Waals surface area (Å²) in [5.74, 6) is -8.07. The van der Waals surface area contributed by atoms with E-state index >= 15 is 0 Å². The summed E-state index contributed by atoms with van der Waals surface area (Å²) in [6.07, 6.45) is 0. The highest BCUT2D eigenvalue weighted by Gasteiger charge is 2.36. The standard InChI is InChI=1S/C9H6F3NO4S/c10-4-3(9(14)15)5(11)7-8(6(4)12)18(16,17)2-1-13-7/h13H,1-2H2,(H,14,15). The third kappa shape index (κ3) is 1.62. The van der Waals surface area contributed by atoms with Gasteiger partial charge < -0.3 is 10.4 Å². The lowest BCUT2D eigenvalue weighted by Gasteiger charge is -2.20. The first kappa shape index (κ1) is 12.7. The van der Waals surface area contributed by atoms with Gasteiger partial charge in [0.2, 0.25) is 0 Å². The molecule has 9 heteroatoms. The molecule has 0 amide bonds. The van der Waals surface area contributed by atoms with E-state index in [1.54, 1.807) is 0 Å². The fourth-order valence-corrected chi connectivity index (χ4v) is 3.10. The van der Waals surface area contributed by atoms with Gasteiger partial charge in [-0.05, 0) is 0 Å². The molecule has 18 heavy (non-hydrogen) atoms. The lowest BCUT2D eigenvalue weighted by atomic mass is 10.1. The second-order valence-corrected chi connectivity index (χ2v) is 5.62. The summed E-state index contributed by atoms with van der Waals surface area (Å²) in [7, 11) is -4.17. The van der Waals surface area contributed by atoms with Crippen molar-refractivity contribution in [3.8, 4) is 0 Å². The number of nitrogens with one attached hydrogen (secondary N) is 1. The molecule has 5 nitrogen and oxygen atoms in total. The molecule has 1 heterocycles. The van der Waals surface area contributed by atoms with Crippen molar-refractivity contribution < 1.29 is 31.5 Å². The van der Waals surface area contributed by atoms with Crippen molar-refractivity contribution in [1.82, 2.24) is 0 Å². The lowest BCUT2D eigenvalue weighted by molar-refractivity contribution is 0.0684. The summed E-state index contributed by atoms with van der Waals surface area (Å²) in [6, 6.07) is 0. The predicted octanol–water partition coefficient (Wildman–Crippen LogP) is 1.00. The van der Waals surface area contributed by atoms with E-state index in [2.05, 4.69) is 5.32 Å². The number of hydrogen-bond acceptors (Lipinski definition) is 4. The van der Waals surface area contributed by atoms with Crippen LogP contribution in [0.15, 0.2) is 4.90 Å². The summed E-state index contributed by atoms with van der Waals surface area (Å²) in [5, 5.41) is 10.8. The van der Waals surface area contributed by atoms with Gasteiger partial charge in [0.05, 0.1) is 11.4 Å². The van der Waals surface area contributed by atoms with Crippen LogP contribution in [0.4, 0.5) is 18.9 Å². The minimum Gasteiger partial charge on any atom is -0.477 e. The van der Waals surface area contributed by atoms with Crippen LogP contribution in [0.25, 0.3) is 0 Å². The zero-order valence-electron chi connectivity index (χ0n) is 8.63. The van der Waals surface area contributed by atoms with E-state index in [1.165, 1.54) is 0 Å². The second-order valence-electron chi connectivity index (χ2n) is 3.57. The Kier molecular flexibility index (Phi) is 2.73. The summed E-state index contributed by atoms with van der Waals surface area (Å²) in [4.78, 5) is 9.46. The molecule has 1 aliphatic heterocycles. The molecule has 1 aliphatic rings. The molecule has 0 unspecified atom stereocenters. The maximum atomic E-state index is 13.7. The van der Waals surface area contributed by atoms with E-state index in [-0.39, 0.29) is 6.54 Å². The minimum absolute atomic E-state index is 0.212. The first-order valence-electron chi connectivity index (χ1n) is 4.67. The maximum absolute atomic E-state index is 13.7. The molecule has 0 saturated carbocycles. The summed E-state index contributed by atoms with van der Waals surface area (Å²) >= 11 is 0. The van der Waals surface area contributed by atoms with Crippen LogP contribution in [-0.4, -0.2) is 31.8 Å². The van der Waals surface area contributed by atoms with E-state index in [1.807, 2.05) is 0 Å². The van der Waals surface area contributed by atoms with Gasteiger partial charge in [-0.15, -0.1) is 0 Å². The average Bonchev–Trinajstić information content (AvgIpc) is 2.24. The molecule has 0 aliphatic carbocycles. The van der Waals surface area contributed by atoms with Crippen LogP contribution in [0.2, 0.25) is 0 Å². The zero-order valence-corrected chi connectivity index (χ0v) is 9.44. The van der Waals surface area contributed by atoms with Crippen molar-refractivity contribution in [3.63, 3.8) is 0 Å². The Balaban J connectivity index is 2.93. The second kappa shape index (κ2) is 3.87. The van der Waals surface area contributed by atoms with Crippen molar-refractivity contribution >= 4 is 21.5 Å². The molecule has 0 spiro atoms. The van der Waals surface area contributed by atoms with Crippen LogP contribution in [0.5, 0.6) is 0 Å². The number of sulfone groups is 1. The molecule has 2 N–H and O–H groups in total. The van der Waals surface area contributed by atoms with Crippen LogP contribution in [0, 0.1) is 17.5 Å². The molecule has 2 rings (SSSR count). The van der Waals surface area contributed by atoms with Gasteiger partial charge in [0.15, 0.2) is 27.3 Å². The molecule has 0 fully saturated rings. The Morgan fingerprint density at radius 2 is 1.78 bits per heavy atom. The van der Waals surface area contributed by atoms with Crippen molar-refractivity contribution in [3.05, 3.63) is 23.0 Å². The Labute approximate surface area is 99.1 Å². The summed E-state index contributed by atoms with van der Waals surface area (Å²) < 4.78 is 63.6. The van der Waals surface area contributed by atoms with Crippen molar-refractivity contribution in [2.75, 3.05) is 17.6 Å². The Morgan fingerprint density at radius 3 is 2.33 bits per heavy atom. The highest BCUT2D eigenvalue weighted by molar-refractivity contribution is 7.91. The zero-order chi connectivity index (χ0) is 13.7. The first-order chi connectivity index (χ1) is 8.27. The topological polar surface area (TPSA) is 83.5 Å². The number of anilines is 1. The van der Waals surface area contributed by atoms with Crippen LogP contribution in [-0.2, 0) is 9.84 Å². The molecule has 0 radical (unpaired) electrons. The number of hydrogen-bond donors (Lipinski definition) is 2. The molecule has 98 valence electrons. The predicted molar refractivity (Wildman–Crippen MR) is 53.8 cm³/mol. The molecule has 0 aromatic heterocycles. The fourth-order valence-electron chi connectivity index (χ4n) is 1.69. The highest BCUT2D eigenvalue weighted by Crippen LogP contribution is 2.35. The van der Waals surface area contributed by atoms with Crippen molar-refractivity contribution in [1.29, 1.82) is 0 Å². The fraction of sp³-hybridized carbons (Fsp3) is 0.222. The molecule has 1 aromatic carbocycles. The Bertz CT molecular complexity index is 657. The van der Waals surface area contributed by atoms with Crippen LogP contribution < -0.4 is 5.32 Å². The van der Waals surface area contributed by atoms with Gasteiger partial charge >= 0.3 is 5.97 Å². The van der Waals surface area contributed by atoms with Gasteiger partial charge in [-0.3, -0.25) is 0 Å². The maximum Gasteiger partial charge on any atom is 0.341 e. The number of carboxylic acids is 1. The Morgan fingerprint density at radius 1 is 1.17 bits per heavy atom. The van der Waals surface area contributed by atoms with E-state index in [0.717, 1.165) is 0 Å². The highest BCUT2D eigenvalue weighted by atomic mass is 32.2. The van der Waals surface area contributed by atoms with Gasteiger partial charge in [0.1, 0.15) is 10.5 Å². The third-order valence-electron chi connectivity index (χ3n) is 2.48. The smallest absolute Gasteiger partial charge is 0.341 e. The van der Waals surface area contributed by atoms with Gasteiger partial charge in [-0.1, -0.05) is 0 Å². The van der Waals surface area contributed by atoms with Gasteiger partial charge in [-0.25, -0.2) is 26.4 Å². The van der Waals surface area contributed by atoms with E-state index in [0.29, 0.717) is 0 Å². The van der Waals surface area contributed by atoms with Crippen LogP contribution >= 0.6 is 0 Å². The number of rotatable bonds is 1. The molecule has 1 aromatic rings. The third-order valence-corrected chi connectivity index (χ3v) is 4.22. The van der Waals surface area contributed by atoms with Crippen molar-refractivity contribution in [2.45, 2.75) is 4.90 Å². The monoisotopic (exact) mass is 281 g/mol. The number of aromatic carboxylic acids is 1. The average molecular weight is 281 g/mol. The normalized spacial score (nSPS) is 16.8. The number of carbonyl (C=O) groups is 1. The number of halogens is 3. The molecular formula is C9H6F3NO4S. The molecule has 0 atom stereocenters. The van der Waals surface area contributed by atoms with Crippen LogP contribution in [0.1, 0.15) is 10.4 Å². The van der Waals surface area contributed by atoms with Gasteiger partial charge in [-0.2, -0.15) is 0 Å². The molecule has 0 bridgehead atoms. The first-order valence-corrected chi connectivity index (χ1v) is 6.33. The van der Waals surface area contributed by atoms with Crippen molar-refractivity contribution in [2.24, 2.45) is 0 Å². The van der Waals surface area contributed by atoms with E-state index in [9.17, 15) is 26.4 Å². The SMILES string of the molecule is O=C(O)c1c(F)c(F)c2c(c1F)NCCS2(=O)=O. The van der Waals surface area contributed by atoms with Gasteiger partial charge in [0, 0.05) is 6.54 Å². The minimum atomic E-state index is -4.17. The van der Waals surface area contributed by atoms with E-state index in [4.69, 9.17) is 5.11 Å². The summed E-state index contributed by atoms with van der Waals surface area (Å²) in [5.41, 5.74) is -2.35. The summed E-state index contributed by atoms with van der Waals surface area (Å²) in [6.45, 7) is -0.212. The van der Waals surface area contributed by atoms with E-state index < -0.39 is 55.2 Å².